The Labute approximate surface area is 99.8 Å². The van der Waals surface area contributed by atoms with Gasteiger partial charge in [0.1, 0.15) is 5.82 Å². The SMILES string of the molecule is CCc1cc(=O)[nH]c(-c2cc(C)nc(C)c2)n1. The first-order valence-electron chi connectivity index (χ1n) is 5.64. The molecule has 0 atom stereocenters. The number of pyridine rings is 1. The molecular formula is C13H15N3O. The van der Waals surface area contributed by atoms with Crippen LogP contribution in [0.4, 0.5) is 0 Å². The summed E-state index contributed by atoms with van der Waals surface area (Å²) in [4.78, 5) is 23.0. The van der Waals surface area contributed by atoms with Crippen LogP contribution in [0.25, 0.3) is 11.4 Å². The largest absolute Gasteiger partial charge is 0.307 e. The van der Waals surface area contributed by atoms with E-state index < -0.39 is 0 Å². The molecule has 17 heavy (non-hydrogen) atoms. The first-order valence-corrected chi connectivity index (χ1v) is 5.64. The van der Waals surface area contributed by atoms with Crippen molar-refractivity contribution in [2.24, 2.45) is 0 Å². The summed E-state index contributed by atoms with van der Waals surface area (Å²) in [6.07, 6.45) is 0.750. The van der Waals surface area contributed by atoms with Gasteiger partial charge in [-0.1, -0.05) is 6.92 Å². The van der Waals surface area contributed by atoms with E-state index in [1.54, 1.807) is 0 Å². The van der Waals surface area contributed by atoms with E-state index in [4.69, 9.17) is 0 Å². The third kappa shape index (κ3) is 2.58. The van der Waals surface area contributed by atoms with Gasteiger partial charge in [0.15, 0.2) is 0 Å². The van der Waals surface area contributed by atoms with E-state index >= 15 is 0 Å². The summed E-state index contributed by atoms with van der Waals surface area (Å²) in [5.41, 5.74) is 3.44. The van der Waals surface area contributed by atoms with Crippen molar-refractivity contribution in [3.8, 4) is 11.4 Å². The quantitative estimate of drug-likeness (QED) is 0.857. The van der Waals surface area contributed by atoms with Gasteiger partial charge in [-0.25, -0.2) is 4.98 Å². The maximum Gasteiger partial charge on any atom is 0.251 e. The number of hydrogen-bond acceptors (Lipinski definition) is 3. The smallest absolute Gasteiger partial charge is 0.251 e. The highest BCUT2D eigenvalue weighted by atomic mass is 16.1. The number of nitrogens with zero attached hydrogens (tertiary/aromatic N) is 2. The molecule has 0 amide bonds. The van der Waals surface area contributed by atoms with Crippen molar-refractivity contribution in [3.63, 3.8) is 0 Å². The van der Waals surface area contributed by atoms with E-state index in [0.717, 1.165) is 29.1 Å². The standard InChI is InChI=1S/C13H15N3O/c1-4-11-7-12(17)16-13(15-11)10-5-8(2)14-9(3)6-10/h5-7H,4H2,1-3H3,(H,15,16,17). The topological polar surface area (TPSA) is 58.6 Å². The van der Waals surface area contributed by atoms with Crippen LogP contribution >= 0.6 is 0 Å². The molecule has 0 unspecified atom stereocenters. The third-order valence-electron chi connectivity index (χ3n) is 2.51. The second kappa shape index (κ2) is 4.49. The fraction of sp³-hybridized carbons (Fsp3) is 0.308. The zero-order valence-corrected chi connectivity index (χ0v) is 10.2. The van der Waals surface area contributed by atoms with E-state index in [-0.39, 0.29) is 5.56 Å². The van der Waals surface area contributed by atoms with Crippen LogP contribution in [-0.4, -0.2) is 15.0 Å². The molecule has 0 aliphatic heterocycles. The Balaban J connectivity index is 2.59. The molecule has 0 aliphatic carbocycles. The number of nitrogens with one attached hydrogen (secondary N) is 1. The van der Waals surface area contributed by atoms with Crippen molar-refractivity contribution in [2.75, 3.05) is 0 Å². The Morgan fingerprint density at radius 1 is 1.12 bits per heavy atom. The predicted octanol–water partition coefficient (Wildman–Crippen LogP) is 2.01. The van der Waals surface area contributed by atoms with Crippen LogP contribution in [0, 0.1) is 13.8 Å². The van der Waals surface area contributed by atoms with E-state index in [1.807, 2.05) is 32.9 Å². The van der Waals surface area contributed by atoms with Crippen LogP contribution in [0.1, 0.15) is 24.0 Å². The van der Waals surface area contributed by atoms with Gasteiger partial charge in [0.2, 0.25) is 0 Å². The zero-order valence-electron chi connectivity index (χ0n) is 10.2. The number of hydrogen-bond donors (Lipinski definition) is 1. The second-order valence-corrected chi connectivity index (χ2v) is 4.08. The minimum atomic E-state index is -0.112. The molecule has 88 valence electrons. The maximum atomic E-state index is 11.5. The molecule has 1 N–H and O–H groups in total. The lowest BCUT2D eigenvalue weighted by molar-refractivity contribution is 0.984. The van der Waals surface area contributed by atoms with Gasteiger partial charge in [0.05, 0.1) is 0 Å². The van der Waals surface area contributed by atoms with Crippen LogP contribution in [0.15, 0.2) is 23.0 Å². The Kier molecular flexibility index (Phi) is 3.04. The molecular weight excluding hydrogens is 214 g/mol. The fourth-order valence-electron chi connectivity index (χ4n) is 1.80. The van der Waals surface area contributed by atoms with Crippen molar-refractivity contribution in [1.82, 2.24) is 15.0 Å². The van der Waals surface area contributed by atoms with E-state index in [1.165, 1.54) is 6.07 Å². The predicted molar refractivity (Wildman–Crippen MR) is 66.9 cm³/mol. The highest BCUT2D eigenvalue weighted by Crippen LogP contribution is 2.15. The number of aromatic nitrogens is 3. The van der Waals surface area contributed by atoms with E-state index in [2.05, 4.69) is 15.0 Å². The number of aromatic amines is 1. The molecule has 0 radical (unpaired) electrons. The Hall–Kier alpha value is -1.97. The van der Waals surface area contributed by atoms with Crippen molar-refractivity contribution < 1.29 is 0 Å². The van der Waals surface area contributed by atoms with Gasteiger partial charge in [-0.2, -0.15) is 0 Å². The summed E-state index contributed by atoms with van der Waals surface area (Å²) in [7, 11) is 0. The summed E-state index contributed by atoms with van der Waals surface area (Å²) < 4.78 is 0. The summed E-state index contributed by atoms with van der Waals surface area (Å²) >= 11 is 0. The number of rotatable bonds is 2. The van der Waals surface area contributed by atoms with Crippen LogP contribution in [0.5, 0.6) is 0 Å². The lowest BCUT2D eigenvalue weighted by atomic mass is 10.2. The first-order chi connectivity index (χ1) is 8.08. The normalized spacial score (nSPS) is 10.5. The van der Waals surface area contributed by atoms with Crippen molar-refractivity contribution in [1.29, 1.82) is 0 Å². The Morgan fingerprint density at radius 2 is 1.76 bits per heavy atom. The van der Waals surface area contributed by atoms with Gasteiger partial charge in [0.25, 0.3) is 5.56 Å². The zero-order chi connectivity index (χ0) is 12.4. The second-order valence-electron chi connectivity index (χ2n) is 4.08. The van der Waals surface area contributed by atoms with Gasteiger partial charge in [-0.15, -0.1) is 0 Å². The first kappa shape index (κ1) is 11.5. The lowest BCUT2D eigenvalue weighted by Crippen LogP contribution is -2.10. The molecule has 4 heteroatoms. The van der Waals surface area contributed by atoms with Crippen LogP contribution < -0.4 is 5.56 Å². The summed E-state index contributed by atoms with van der Waals surface area (Å²) in [5.74, 6) is 0.614. The molecule has 4 nitrogen and oxygen atoms in total. The number of aryl methyl sites for hydroxylation is 3. The molecule has 0 saturated heterocycles. The Bertz CT molecular complexity index is 582. The minimum Gasteiger partial charge on any atom is -0.307 e. The summed E-state index contributed by atoms with van der Waals surface area (Å²) in [5, 5.41) is 0. The van der Waals surface area contributed by atoms with Gasteiger partial charge in [-0.05, 0) is 32.4 Å². The molecule has 2 aromatic heterocycles. The molecule has 0 spiro atoms. The highest BCUT2D eigenvalue weighted by Gasteiger charge is 2.05. The van der Waals surface area contributed by atoms with Crippen LogP contribution in [-0.2, 0) is 6.42 Å². The summed E-state index contributed by atoms with van der Waals surface area (Å²) in [6, 6.07) is 5.37. The third-order valence-corrected chi connectivity index (χ3v) is 2.51. The molecule has 0 fully saturated rings. The number of H-pyrrole nitrogens is 1. The average Bonchev–Trinajstić information content (AvgIpc) is 2.26. The van der Waals surface area contributed by atoms with E-state index in [9.17, 15) is 4.79 Å². The molecule has 0 aliphatic rings. The molecule has 2 heterocycles. The average molecular weight is 229 g/mol. The van der Waals surface area contributed by atoms with Crippen LogP contribution in [0.2, 0.25) is 0 Å². The molecule has 0 saturated carbocycles. The van der Waals surface area contributed by atoms with Gasteiger partial charge < -0.3 is 4.98 Å². The molecule has 2 rings (SSSR count). The summed E-state index contributed by atoms with van der Waals surface area (Å²) in [6.45, 7) is 5.84. The Morgan fingerprint density at radius 3 is 2.35 bits per heavy atom. The van der Waals surface area contributed by atoms with Crippen molar-refractivity contribution >= 4 is 0 Å². The van der Waals surface area contributed by atoms with E-state index in [0.29, 0.717) is 5.82 Å². The van der Waals surface area contributed by atoms with Gasteiger partial charge in [0, 0.05) is 28.7 Å². The highest BCUT2D eigenvalue weighted by molar-refractivity contribution is 5.55. The van der Waals surface area contributed by atoms with Crippen LogP contribution in [0.3, 0.4) is 0 Å². The van der Waals surface area contributed by atoms with Gasteiger partial charge in [-0.3, -0.25) is 9.78 Å². The maximum absolute atomic E-state index is 11.5. The monoisotopic (exact) mass is 229 g/mol. The van der Waals surface area contributed by atoms with Crippen molar-refractivity contribution in [3.05, 3.63) is 45.6 Å². The fourth-order valence-corrected chi connectivity index (χ4v) is 1.80. The van der Waals surface area contributed by atoms with Gasteiger partial charge >= 0.3 is 0 Å². The molecule has 0 aromatic carbocycles. The molecule has 2 aromatic rings. The minimum absolute atomic E-state index is 0.112. The van der Waals surface area contributed by atoms with Crippen molar-refractivity contribution in [2.45, 2.75) is 27.2 Å². The molecule has 0 bridgehead atoms. The lowest BCUT2D eigenvalue weighted by Gasteiger charge is -2.05.